The van der Waals surface area contributed by atoms with Gasteiger partial charge in [0.15, 0.2) is 5.78 Å². The van der Waals surface area contributed by atoms with Gasteiger partial charge in [-0.1, -0.05) is 43.7 Å². The number of hydrogen-bond donors (Lipinski definition) is 1. The van der Waals surface area contributed by atoms with Gasteiger partial charge in [-0.2, -0.15) is 0 Å². The summed E-state index contributed by atoms with van der Waals surface area (Å²) in [6.07, 6.45) is 14.3. The summed E-state index contributed by atoms with van der Waals surface area (Å²) in [5.74, 6) is 0.0563. The molecular formula is C32H45N3O2. The molecule has 0 bridgehead atoms. The van der Waals surface area contributed by atoms with E-state index in [0.717, 1.165) is 66.7 Å². The number of allylic oxidation sites excluding steroid dienone is 5. The van der Waals surface area contributed by atoms with Crippen LogP contribution >= 0.6 is 0 Å². The minimum absolute atomic E-state index is 0.0851. The molecule has 37 heavy (non-hydrogen) atoms. The van der Waals surface area contributed by atoms with Crippen molar-refractivity contribution in [3.8, 4) is 0 Å². The predicted molar refractivity (Wildman–Crippen MR) is 153 cm³/mol. The topological polar surface area (TPSA) is 52.6 Å². The number of carbonyl (C=O) groups is 2. The van der Waals surface area contributed by atoms with Crippen LogP contribution in [0, 0.1) is 0 Å². The van der Waals surface area contributed by atoms with Crippen molar-refractivity contribution in [3.63, 3.8) is 0 Å². The zero-order chi connectivity index (χ0) is 26.4. The summed E-state index contributed by atoms with van der Waals surface area (Å²) >= 11 is 0. The van der Waals surface area contributed by atoms with Crippen molar-refractivity contribution < 1.29 is 9.59 Å². The maximum atomic E-state index is 13.5. The van der Waals surface area contributed by atoms with Crippen LogP contribution in [0.1, 0.15) is 88.6 Å². The zero-order valence-corrected chi connectivity index (χ0v) is 23.3. The number of Topliss-reactive ketones (excluding diaryl/α,β-unsaturated/α-hetero) is 1. The Morgan fingerprint density at radius 2 is 1.68 bits per heavy atom. The van der Waals surface area contributed by atoms with Gasteiger partial charge in [-0.15, -0.1) is 0 Å². The maximum Gasteiger partial charge on any atom is 0.251 e. The Morgan fingerprint density at radius 1 is 0.946 bits per heavy atom. The molecular weight excluding hydrogens is 458 g/mol. The third-order valence-electron chi connectivity index (χ3n) is 8.56. The molecule has 1 saturated carbocycles. The standard InChI is InChI=1S/C32H45N3O2/c1-5-34(6-2)25-16-18-26(19-17-25)35(7-3)30-15-11-14-28-27(30)13-10-8-9-12-24-20-23(4)21-31(36)29(24)22-33-32(28)37/h8,10-11,14-15,20,25-26H,5-7,9,12-13,16-19,21-22H2,1-4H3,(H,33,37)/b10-8+. The summed E-state index contributed by atoms with van der Waals surface area (Å²) in [4.78, 5) is 31.4. The summed E-state index contributed by atoms with van der Waals surface area (Å²) in [5, 5.41) is 3.10. The summed E-state index contributed by atoms with van der Waals surface area (Å²) < 4.78 is 0. The van der Waals surface area contributed by atoms with E-state index in [1.165, 1.54) is 31.4 Å². The van der Waals surface area contributed by atoms with Crippen molar-refractivity contribution in [2.75, 3.05) is 31.1 Å². The molecule has 2 aliphatic carbocycles. The van der Waals surface area contributed by atoms with Crippen molar-refractivity contribution in [1.82, 2.24) is 10.2 Å². The summed E-state index contributed by atoms with van der Waals surface area (Å²) in [6, 6.07) is 7.36. The number of nitrogens with one attached hydrogen (secondary N) is 1. The summed E-state index contributed by atoms with van der Waals surface area (Å²) in [7, 11) is 0. The van der Waals surface area contributed by atoms with E-state index in [-0.39, 0.29) is 11.7 Å². The van der Waals surface area contributed by atoms with Crippen molar-refractivity contribution in [3.05, 3.63) is 64.3 Å². The fraction of sp³-hybridized carbons (Fsp3) is 0.562. The minimum Gasteiger partial charge on any atom is -0.369 e. The first kappa shape index (κ1) is 27.4. The number of carbonyl (C=O) groups excluding carboxylic acids is 2. The number of hydrogen-bond acceptors (Lipinski definition) is 4. The molecule has 0 aromatic heterocycles. The molecule has 4 rings (SSSR count). The lowest BCUT2D eigenvalue weighted by molar-refractivity contribution is -0.115. The van der Waals surface area contributed by atoms with Gasteiger partial charge in [0.1, 0.15) is 0 Å². The van der Waals surface area contributed by atoms with Crippen LogP contribution in [0.3, 0.4) is 0 Å². The Labute approximate surface area is 223 Å². The van der Waals surface area contributed by atoms with E-state index in [1.54, 1.807) is 0 Å². The quantitative estimate of drug-likeness (QED) is 0.484. The fourth-order valence-electron chi connectivity index (χ4n) is 6.60. The largest absolute Gasteiger partial charge is 0.369 e. The monoisotopic (exact) mass is 503 g/mol. The highest BCUT2D eigenvalue weighted by Gasteiger charge is 2.29. The van der Waals surface area contributed by atoms with E-state index < -0.39 is 0 Å². The first-order valence-corrected chi connectivity index (χ1v) is 14.4. The Morgan fingerprint density at radius 3 is 2.38 bits per heavy atom. The van der Waals surface area contributed by atoms with Gasteiger partial charge < -0.3 is 15.1 Å². The fourth-order valence-corrected chi connectivity index (χ4v) is 6.60. The SMILES string of the molecule is CCN(CC)C1CCC(N(CC)c2cccc3c2C/C=C/CCC2=C(CNC3=O)C(=O)CC(C)=C2)CC1. The number of anilines is 1. The highest BCUT2D eigenvalue weighted by Crippen LogP contribution is 2.33. The minimum atomic E-state index is -0.0851. The smallest absolute Gasteiger partial charge is 0.251 e. The first-order valence-electron chi connectivity index (χ1n) is 14.4. The number of nitrogens with zero attached hydrogens (tertiary/aromatic N) is 2. The summed E-state index contributed by atoms with van der Waals surface area (Å²) in [6.45, 7) is 12.3. The van der Waals surface area contributed by atoms with Gasteiger partial charge in [0.2, 0.25) is 0 Å². The third-order valence-corrected chi connectivity index (χ3v) is 8.56. The second kappa shape index (κ2) is 12.7. The first-order chi connectivity index (χ1) is 18.0. The van der Waals surface area contributed by atoms with E-state index in [1.807, 2.05) is 19.1 Å². The average Bonchev–Trinajstić information content (AvgIpc) is 2.89. The molecule has 1 heterocycles. The molecule has 1 aromatic rings. The van der Waals surface area contributed by atoms with Crippen LogP contribution < -0.4 is 10.2 Å². The molecule has 200 valence electrons. The van der Waals surface area contributed by atoms with Crippen LogP contribution in [-0.2, 0) is 11.2 Å². The molecule has 1 fully saturated rings. The van der Waals surface area contributed by atoms with Crippen molar-refractivity contribution in [1.29, 1.82) is 0 Å². The van der Waals surface area contributed by atoms with Gasteiger partial charge in [-0.05, 0) is 95.2 Å². The molecule has 1 N–H and O–H groups in total. The van der Waals surface area contributed by atoms with E-state index in [9.17, 15) is 9.59 Å². The van der Waals surface area contributed by atoms with Crippen LogP contribution in [0.2, 0.25) is 0 Å². The lowest BCUT2D eigenvalue weighted by atomic mass is 9.87. The van der Waals surface area contributed by atoms with Gasteiger partial charge in [0.25, 0.3) is 5.91 Å². The second-order valence-corrected chi connectivity index (χ2v) is 10.8. The van der Waals surface area contributed by atoms with Crippen molar-refractivity contribution >= 4 is 17.4 Å². The van der Waals surface area contributed by atoms with E-state index in [2.05, 4.69) is 60.2 Å². The molecule has 1 aliphatic heterocycles. The van der Waals surface area contributed by atoms with Gasteiger partial charge in [0.05, 0.1) is 0 Å². The molecule has 0 atom stereocenters. The normalized spacial score (nSPS) is 23.9. The molecule has 0 unspecified atom stereocenters. The zero-order valence-electron chi connectivity index (χ0n) is 23.3. The number of ketones is 1. The molecule has 3 aliphatic rings. The van der Waals surface area contributed by atoms with Crippen LogP contribution in [-0.4, -0.2) is 54.9 Å². The van der Waals surface area contributed by atoms with Gasteiger partial charge in [0, 0.05) is 48.4 Å². The van der Waals surface area contributed by atoms with Gasteiger partial charge >= 0.3 is 0 Å². The van der Waals surface area contributed by atoms with Crippen LogP contribution in [0.15, 0.2) is 53.1 Å². The second-order valence-electron chi connectivity index (χ2n) is 10.8. The van der Waals surface area contributed by atoms with E-state index in [0.29, 0.717) is 25.0 Å². The molecule has 5 heteroatoms. The lowest BCUT2D eigenvalue weighted by Gasteiger charge is -2.41. The maximum absolute atomic E-state index is 13.5. The van der Waals surface area contributed by atoms with Gasteiger partial charge in [-0.25, -0.2) is 0 Å². The third kappa shape index (κ3) is 6.26. The van der Waals surface area contributed by atoms with E-state index >= 15 is 0 Å². The molecule has 0 spiro atoms. The number of fused-ring (bicyclic) bond motifs is 1. The number of amides is 1. The Kier molecular flexibility index (Phi) is 9.42. The lowest BCUT2D eigenvalue weighted by Crippen LogP contribution is -2.44. The van der Waals surface area contributed by atoms with Crippen molar-refractivity contribution in [2.24, 2.45) is 0 Å². The molecule has 1 aromatic carbocycles. The number of benzene rings is 1. The Bertz CT molecular complexity index is 1070. The van der Waals surface area contributed by atoms with Crippen molar-refractivity contribution in [2.45, 2.75) is 91.1 Å². The highest BCUT2D eigenvalue weighted by atomic mass is 16.2. The van der Waals surface area contributed by atoms with Crippen LogP contribution in [0.25, 0.3) is 0 Å². The summed E-state index contributed by atoms with van der Waals surface area (Å²) in [5.41, 5.74) is 5.97. The average molecular weight is 504 g/mol. The highest BCUT2D eigenvalue weighted by molar-refractivity contribution is 6.02. The number of rotatable bonds is 6. The predicted octanol–water partition coefficient (Wildman–Crippen LogP) is 6.00. The Balaban J connectivity index is 1.59. The van der Waals surface area contributed by atoms with Gasteiger partial charge in [-0.3, -0.25) is 9.59 Å². The van der Waals surface area contributed by atoms with E-state index in [4.69, 9.17) is 0 Å². The molecule has 0 radical (unpaired) electrons. The molecule has 0 saturated heterocycles. The Hall–Kier alpha value is -2.66. The van der Waals surface area contributed by atoms with Crippen LogP contribution in [0.4, 0.5) is 5.69 Å². The molecule has 1 amide bonds. The molecule has 5 nitrogen and oxygen atoms in total. The van der Waals surface area contributed by atoms with Crippen LogP contribution in [0.5, 0.6) is 0 Å².